The molecule has 1 saturated carbocycles. The number of carbonyl (C=O) groups excluding carboxylic acids is 1. The predicted octanol–water partition coefficient (Wildman–Crippen LogP) is 2.24. The van der Waals surface area contributed by atoms with Crippen LogP contribution in [0.5, 0.6) is 0 Å². The first-order valence-electron chi connectivity index (χ1n) is 10.2. The second-order valence-corrected chi connectivity index (χ2v) is 7.89. The molecule has 0 bridgehead atoms. The van der Waals surface area contributed by atoms with E-state index in [0.717, 1.165) is 38.4 Å². The number of carbonyl (C=O) groups is 1. The molecule has 1 aliphatic carbocycles. The minimum Gasteiger partial charge on any atom is -0.343 e. The van der Waals surface area contributed by atoms with E-state index in [1.165, 1.54) is 12.8 Å². The highest BCUT2D eigenvalue weighted by molar-refractivity contribution is 5.77. The van der Waals surface area contributed by atoms with Gasteiger partial charge in [0, 0.05) is 32.0 Å². The molecule has 0 radical (unpaired) electrons. The molecule has 6 nitrogen and oxygen atoms in total. The molecule has 144 valence electrons. The summed E-state index contributed by atoms with van der Waals surface area (Å²) in [6, 6.07) is 7.91. The van der Waals surface area contributed by atoms with Gasteiger partial charge in [-0.05, 0) is 56.7 Å². The summed E-state index contributed by atoms with van der Waals surface area (Å²) in [5.74, 6) is 1.79. The van der Waals surface area contributed by atoms with E-state index >= 15 is 0 Å². The van der Waals surface area contributed by atoms with Crippen molar-refractivity contribution in [3.05, 3.63) is 40.4 Å². The number of likely N-dealkylation sites (tertiary alicyclic amines) is 1. The van der Waals surface area contributed by atoms with E-state index in [2.05, 4.69) is 15.3 Å². The Morgan fingerprint density at radius 1 is 1.19 bits per heavy atom. The number of para-hydroxylation sites is 1. The molecule has 0 atom stereocenters. The number of hydrogen-bond acceptors (Lipinski definition) is 4. The summed E-state index contributed by atoms with van der Waals surface area (Å²) in [7, 11) is 0. The smallest absolute Gasteiger partial charge is 0.258 e. The van der Waals surface area contributed by atoms with Gasteiger partial charge in [0.1, 0.15) is 5.82 Å². The number of nitrogens with zero attached hydrogens (tertiary/aromatic N) is 2. The maximum absolute atomic E-state index is 12.5. The maximum Gasteiger partial charge on any atom is 0.258 e. The number of nitrogens with one attached hydrogen (secondary N) is 2. The molecule has 1 aliphatic heterocycles. The van der Waals surface area contributed by atoms with Gasteiger partial charge in [0.05, 0.1) is 10.9 Å². The summed E-state index contributed by atoms with van der Waals surface area (Å²) >= 11 is 0. The molecular weight excluding hydrogens is 340 g/mol. The SMILES string of the molecule is O=C(CCCc1nc2ccccc2c(=O)[nH]1)N1CCC(NCC2CC2)CC1. The molecule has 0 spiro atoms. The zero-order chi connectivity index (χ0) is 18.6. The predicted molar refractivity (Wildman–Crippen MR) is 106 cm³/mol. The molecule has 2 heterocycles. The van der Waals surface area contributed by atoms with Crippen LogP contribution < -0.4 is 10.9 Å². The number of aromatic amines is 1. The number of fused-ring (bicyclic) bond motifs is 1. The monoisotopic (exact) mass is 368 g/mol. The topological polar surface area (TPSA) is 78.1 Å². The number of rotatable bonds is 7. The van der Waals surface area contributed by atoms with Crippen molar-refractivity contribution in [1.29, 1.82) is 0 Å². The first kappa shape index (κ1) is 18.2. The van der Waals surface area contributed by atoms with Crippen molar-refractivity contribution in [2.45, 2.75) is 51.0 Å². The van der Waals surface area contributed by atoms with Gasteiger partial charge in [-0.3, -0.25) is 9.59 Å². The third-order valence-corrected chi connectivity index (χ3v) is 5.71. The van der Waals surface area contributed by atoms with E-state index in [4.69, 9.17) is 0 Å². The van der Waals surface area contributed by atoms with E-state index in [-0.39, 0.29) is 11.5 Å². The van der Waals surface area contributed by atoms with Crippen LogP contribution in [0.1, 0.15) is 44.3 Å². The molecule has 4 rings (SSSR count). The van der Waals surface area contributed by atoms with Crippen molar-refractivity contribution in [3.63, 3.8) is 0 Å². The average Bonchev–Trinajstić information content (AvgIpc) is 3.51. The lowest BCUT2D eigenvalue weighted by Gasteiger charge is -2.32. The first-order valence-corrected chi connectivity index (χ1v) is 10.2. The lowest BCUT2D eigenvalue weighted by Crippen LogP contribution is -2.45. The first-order chi connectivity index (χ1) is 13.2. The molecule has 1 saturated heterocycles. The summed E-state index contributed by atoms with van der Waals surface area (Å²) < 4.78 is 0. The fourth-order valence-corrected chi connectivity index (χ4v) is 3.81. The minimum atomic E-state index is -0.109. The van der Waals surface area contributed by atoms with Crippen molar-refractivity contribution < 1.29 is 4.79 Å². The number of piperidine rings is 1. The van der Waals surface area contributed by atoms with E-state index < -0.39 is 0 Å². The van der Waals surface area contributed by atoms with Gasteiger partial charge in [0.2, 0.25) is 5.91 Å². The normalized spacial score (nSPS) is 18.1. The summed E-state index contributed by atoms with van der Waals surface area (Å²) in [6.07, 6.45) is 6.70. The second-order valence-electron chi connectivity index (χ2n) is 7.89. The van der Waals surface area contributed by atoms with Gasteiger partial charge < -0.3 is 15.2 Å². The standard InChI is InChI=1S/C21H28N4O2/c26-20(25-12-10-16(11-13-25)22-14-15-8-9-15)7-3-6-19-23-18-5-2-1-4-17(18)21(27)24-19/h1-2,4-5,15-16,22H,3,6-14H2,(H,23,24,27). The fraction of sp³-hybridized carbons (Fsp3) is 0.571. The Morgan fingerprint density at radius 3 is 2.74 bits per heavy atom. The molecule has 2 aliphatic rings. The highest BCUT2D eigenvalue weighted by Gasteiger charge is 2.25. The molecule has 1 aromatic carbocycles. The molecule has 2 fully saturated rings. The van der Waals surface area contributed by atoms with Crippen LogP contribution in [0.3, 0.4) is 0 Å². The van der Waals surface area contributed by atoms with Gasteiger partial charge in [-0.25, -0.2) is 4.98 Å². The average molecular weight is 368 g/mol. The van der Waals surface area contributed by atoms with Crippen LogP contribution in [0.2, 0.25) is 0 Å². The molecule has 27 heavy (non-hydrogen) atoms. The largest absolute Gasteiger partial charge is 0.343 e. The van der Waals surface area contributed by atoms with Crippen LogP contribution in [0.15, 0.2) is 29.1 Å². The van der Waals surface area contributed by atoms with E-state index in [1.807, 2.05) is 23.1 Å². The number of amides is 1. The van der Waals surface area contributed by atoms with Gasteiger partial charge in [-0.15, -0.1) is 0 Å². The van der Waals surface area contributed by atoms with Crippen molar-refractivity contribution in [1.82, 2.24) is 20.2 Å². The van der Waals surface area contributed by atoms with Crippen LogP contribution in [0.4, 0.5) is 0 Å². The van der Waals surface area contributed by atoms with E-state index in [1.54, 1.807) is 6.07 Å². The molecule has 1 aromatic heterocycles. The Morgan fingerprint density at radius 2 is 1.96 bits per heavy atom. The van der Waals surface area contributed by atoms with Crippen LogP contribution >= 0.6 is 0 Å². The summed E-state index contributed by atoms with van der Waals surface area (Å²) in [6.45, 7) is 2.86. The quantitative estimate of drug-likeness (QED) is 0.786. The molecular formula is C21H28N4O2. The van der Waals surface area contributed by atoms with Gasteiger partial charge in [0.15, 0.2) is 0 Å². The van der Waals surface area contributed by atoms with Crippen LogP contribution in [0, 0.1) is 5.92 Å². The van der Waals surface area contributed by atoms with Crippen LogP contribution in [0.25, 0.3) is 10.9 Å². The zero-order valence-electron chi connectivity index (χ0n) is 15.7. The number of aromatic nitrogens is 2. The van der Waals surface area contributed by atoms with Crippen molar-refractivity contribution in [3.8, 4) is 0 Å². The van der Waals surface area contributed by atoms with Crippen molar-refractivity contribution in [2.75, 3.05) is 19.6 Å². The molecule has 2 N–H and O–H groups in total. The molecule has 1 amide bonds. The highest BCUT2D eigenvalue weighted by Crippen LogP contribution is 2.28. The van der Waals surface area contributed by atoms with Gasteiger partial charge in [-0.2, -0.15) is 0 Å². The Balaban J connectivity index is 1.22. The summed E-state index contributed by atoms with van der Waals surface area (Å²) in [4.78, 5) is 33.9. The molecule has 6 heteroatoms. The Kier molecular flexibility index (Phi) is 5.53. The molecule has 0 unspecified atom stereocenters. The van der Waals surface area contributed by atoms with Gasteiger partial charge in [0.25, 0.3) is 5.56 Å². The van der Waals surface area contributed by atoms with E-state index in [0.29, 0.717) is 42.0 Å². The third-order valence-electron chi connectivity index (χ3n) is 5.71. The minimum absolute atomic E-state index is 0.109. The lowest BCUT2D eigenvalue weighted by molar-refractivity contribution is -0.132. The highest BCUT2D eigenvalue weighted by atomic mass is 16.2. The summed E-state index contributed by atoms with van der Waals surface area (Å²) in [5.41, 5.74) is 0.603. The number of hydrogen-bond donors (Lipinski definition) is 2. The molecule has 2 aromatic rings. The number of benzene rings is 1. The van der Waals surface area contributed by atoms with Gasteiger partial charge in [-0.1, -0.05) is 12.1 Å². The Hall–Kier alpha value is -2.21. The van der Waals surface area contributed by atoms with Crippen LogP contribution in [-0.2, 0) is 11.2 Å². The van der Waals surface area contributed by atoms with Crippen molar-refractivity contribution >= 4 is 16.8 Å². The van der Waals surface area contributed by atoms with Crippen LogP contribution in [-0.4, -0.2) is 46.5 Å². The Labute approximate surface area is 159 Å². The second kappa shape index (κ2) is 8.21. The fourth-order valence-electron chi connectivity index (χ4n) is 3.81. The maximum atomic E-state index is 12.5. The number of H-pyrrole nitrogens is 1. The van der Waals surface area contributed by atoms with E-state index in [9.17, 15) is 9.59 Å². The van der Waals surface area contributed by atoms with Crippen molar-refractivity contribution in [2.24, 2.45) is 5.92 Å². The lowest BCUT2D eigenvalue weighted by atomic mass is 10.0. The Bertz CT molecular complexity index is 851. The summed E-state index contributed by atoms with van der Waals surface area (Å²) in [5, 5.41) is 4.25. The third kappa shape index (κ3) is 4.75. The van der Waals surface area contributed by atoms with Gasteiger partial charge >= 0.3 is 0 Å². The zero-order valence-corrected chi connectivity index (χ0v) is 15.7. The number of aryl methyl sites for hydroxylation is 1.